The Bertz CT molecular complexity index is 907. The first-order valence-corrected chi connectivity index (χ1v) is 11.8. The van der Waals surface area contributed by atoms with Crippen molar-refractivity contribution in [2.24, 2.45) is 0 Å². The molecule has 0 fully saturated rings. The van der Waals surface area contributed by atoms with Gasteiger partial charge in [-0.15, -0.1) is 0 Å². The molecule has 1 atom stereocenters. The first-order chi connectivity index (χ1) is 15.0. The van der Waals surface area contributed by atoms with Gasteiger partial charge in [-0.1, -0.05) is 57.2 Å². The number of hydrogen-bond acceptors (Lipinski definition) is 3. The fraction of sp³-hybridized carbons (Fsp3) is 0.462. The van der Waals surface area contributed by atoms with E-state index in [2.05, 4.69) is 42.0 Å². The maximum atomic E-state index is 13.1. The number of amides is 2. The van der Waals surface area contributed by atoms with E-state index >= 15 is 0 Å². The number of hydrogen-bond donors (Lipinski definition) is 1. The van der Waals surface area contributed by atoms with Crippen LogP contribution < -0.4 is 10.1 Å². The second-order valence-corrected chi connectivity index (χ2v) is 10.2. The molecule has 2 amide bonds. The van der Waals surface area contributed by atoms with Crippen molar-refractivity contribution in [1.29, 1.82) is 0 Å². The molecule has 6 heteroatoms. The summed E-state index contributed by atoms with van der Waals surface area (Å²) in [4.78, 5) is 27.3. The van der Waals surface area contributed by atoms with Crippen LogP contribution in [0.5, 0.6) is 5.75 Å². The number of benzene rings is 2. The van der Waals surface area contributed by atoms with Gasteiger partial charge < -0.3 is 15.0 Å². The Kier molecular flexibility index (Phi) is 9.32. The molecule has 0 bridgehead atoms. The maximum absolute atomic E-state index is 13.1. The monoisotopic (exact) mass is 502 g/mol. The lowest BCUT2D eigenvalue weighted by atomic mass is 9.87. The molecule has 5 nitrogen and oxygen atoms in total. The molecule has 0 aromatic heterocycles. The normalized spacial score (nSPS) is 12.4. The van der Waals surface area contributed by atoms with E-state index in [4.69, 9.17) is 4.74 Å². The molecule has 2 rings (SSSR count). The molecule has 0 saturated carbocycles. The van der Waals surface area contributed by atoms with Crippen molar-refractivity contribution in [1.82, 2.24) is 10.2 Å². The Morgan fingerprint density at radius 2 is 1.72 bits per heavy atom. The molecule has 0 unspecified atom stereocenters. The Morgan fingerprint density at radius 1 is 1.06 bits per heavy atom. The summed E-state index contributed by atoms with van der Waals surface area (Å²) in [6.45, 7) is 12.3. The van der Waals surface area contributed by atoms with Crippen molar-refractivity contribution < 1.29 is 14.3 Å². The first-order valence-electron chi connectivity index (χ1n) is 11.1. The average molecular weight is 503 g/mol. The molecule has 0 aliphatic heterocycles. The summed E-state index contributed by atoms with van der Waals surface area (Å²) in [5, 5.41) is 2.90. The van der Waals surface area contributed by atoms with Gasteiger partial charge in [-0.2, -0.15) is 0 Å². The van der Waals surface area contributed by atoms with E-state index in [0.717, 1.165) is 10.0 Å². The highest BCUT2D eigenvalue weighted by atomic mass is 79.9. The summed E-state index contributed by atoms with van der Waals surface area (Å²) < 4.78 is 6.65. The predicted molar refractivity (Wildman–Crippen MR) is 133 cm³/mol. The van der Waals surface area contributed by atoms with Crippen LogP contribution >= 0.6 is 15.9 Å². The Hall–Kier alpha value is -2.34. The number of rotatable bonds is 9. The highest BCUT2D eigenvalue weighted by molar-refractivity contribution is 9.10. The standard InChI is InChI=1S/C26H35BrN2O3/c1-18(2)28-25(31)19(3)29(15-14-20-10-8-7-9-11-20)24(30)17-32-23-13-12-21(16-22(23)27)26(4,5)6/h7-13,16,18-19H,14-15,17H2,1-6H3,(H,28,31)/t19-/m1/s1. The Labute approximate surface area is 200 Å². The van der Waals surface area contributed by atoms with Crippen molar-refractivity contribution in [3.05, 3.63) is 64.1 Å². The molecular weight excluding hydrogens is 468 g/mol. The van der Waals surface area contributed by atoms with Gasteiger partial charge in [-0.05, 0) is 71.8 Å². The number of carbonyl (C=O) groups excluding carboxylic acids is 2. The molecule has 2 aromatic carbocycles. The summed E-state index contributed by atoms with van der Waals surface area (Å²) in [5.41, 5.74) is 2.30. The van der Waals surface area contributed by atoms with Crippen LogP contribution in [0.15, 0.2) is 53.0 Å². The lowest BCUT2D eigenvalue weighted by molar-refractivity contribution is -0.141. The lowest BCUT2D eigenvalue weighted by Gasteiger charge is -2.29. The van der Waals surface area contributed by atoms with Crippen LogP contribution in [0, 0.1) is 0 Å². The van der Waals surface area contributed by atoms with Crippen molar-refractivity contribution in [2.75, 3.05) is 13.2 Å². The molecular formula is C26H35BrN2O3. The summed E-state index contributed by atoms with van der Waals surface area (Å²) in [7, 11) is 0. The number of ether oxygens (including phenoxy) is 1. The highest BCUT2D eigenvalue weighted by Gasteiger charge is 2.26. The molecule has 32 heavy (non-hydrogen) atoms. The lowest BCUT2D eigenvalue weighted by Crippen LogP contribution is -2.51. The molecule has 0 aliphatic carbocycles. The van der Waals surface area contributed by atoms with E-state index < -0.39 is 6.04 Å². The fourth-order valence-corrected chi connectivity index (χ4v) is 3.78. The van der Waals surface area contributed by atoms with E-state index in [-0.39, 0.29) is 29.9 Å². The van der Waals surface area contributed by atoms with Gasteiger partial charge in [0.15, 0.2) is 6.61 Å². The van der Waals surface area contributed by atoms with Gasteiger partial charge in [0.05, 0.1) is 4.47 Å². The van der Waals surface area contributed by atoms with Crippen molar-refractivity contribution >= 4 is 27.7 Å². The summed E-state index contributed by atoms with van der Waals surface area (Å²) >= 11 is 3.55. The third-order valence-electron chi connectivity index (χ3n) is 5.23. The van der Waals surface area contributed by atoms with Crippen LogP contribution in [0.25, 0.3) is 0 Å². The summed E-state index contributed by atoms with van der Waals surface area (Å²) in [6.07, 6.45) is 0.663. The van der Waals surface area contributed by atoms with Crippen molar-refractivity contribution in [3.63, 3.8) is 0 Å². The zero-order valence-electron chi connectivity index (χ0n) is 19.9. The minimum atomic E-state index is -0.594. The van der Waals surface area contributed by atoms with Crippen molar-refractivity contribution in [2.45, 2.75) is 65.5 Å². The zero-order chi connectivity index (χ0) is 23.9. The number of halogens is 1. The van der Waals surface area contributed by atoms with E-state index in [1.165, 1.54) is 5.56 Å². The molecule has 0 spiro atoms. The number of nitrogens with one attached hydrogen (secondary N) is 1. The molecule has 0 aliphatic rings. The zero-order valence-corrected chi connectivity index (χ0v) is 21.5. The van der Waals surface area contributed by atoms with Gasteiger partial charge in [-0.25, -0.2) is 0 Å². The highest BCUT2D eigenvalue weighted by Crippen LogP contribution is 2.31. The summed E-state index contributed by atoms with van der Waals surface area (Å²) in [5.74, 6) is 0.213. The van der Waals surface area contributed by atoms with Gasteiger partial charge >= 0.3 is 0 Å². The molecule has 0 radical (unpaired) electrons. The summed E-state index contributed by atoms with van der Waals surface area (Å²) in [6, 6.07) is 15.3. The third-order valence-corrected chi connectivity index (χ3v) is 5.85. The van der Waals surface area contributed by atoms with Gasteiger partial charge in [0.2, 0.25) is 5.91 Å². The first kappa shape index (κ1) is 25.9. The molecule has 2 aromatic rings. The molecule has 0 saturated heterocycles. The van der Waals surface area contributed by atoms with Crippen LogP contribution in [-0.4, -0.2) is 41.9 Å². The largest absolute Gasteiger partial charge is 0.483 e. The maximum Gasteiger partial charge on any atom is 0.261 e. The van der Waals surface area contributed by atoms with E-state index in [9.17, 15) is 9.59 Å². The van der Waals surface area contributed by atoms with Crippen LogP contribution in [0.3, 0.4) is 0 Å². The minimum absolute atomic E-state index is 0.00422. The van der Waals surface area contributed by atoms with Crippen LogP contribution in [0.2, 0.25) is 0 Å². The minimum Gasteiger partial charge on any atom is -0.483 e. The quantitative estimate of drug-likeness (QED) is 0.518. The SMILES string of the molecule is CC(C)NC(=O)[C@@H](C)N(CCc1ccccc1)C(=O)COc1ccc(C(C)(C)C)cc1Br. The van der Waals surface area contributed by atoms with Crippen LogP contribution in [0.1, 0.15) is 52.7 Å². The Balaban J connectivity index is 2.11. The van der Waals surface area contributed by atoms with E-state index in [1.54, 1.807) is 11.8 Å². The van der Waals surface area contributed by atoms with Gasteiger partial charge in [-0.3, -0.25) is 9.59 Å². The molecule has 1 N–H and O–H groups in total. The van der Waals surface area contributed by atoms with E-state index in [1.807, 2.05) is 62.4 Å². The third kappa shape index (κ3) is 7.66. The number of nitrogens with zero attached hydrogens (tertiary/aromatic N) is 1. The van der Waals surface area contributed by atoms with E-state index in [0.29, 0.717) is 18.7 Å². The predicted octanol–water partition coefficient (Wildman–Crippen LogP) is 5.11. The fourth-order valence-electron chi connectivity index (χ4n) is 3.28. The second kappa shape index (κ2) is 11.5. The van der Waals surface area contributed by atoms with Crippen molar-refractivity contribution in [3.8, 4) is 5.75 Å². The van der Waals surface area contributed by atoms with Gasteiger partial charge in [0, 0.05) is 12.6 Å². The van der Waals surface area contributed by atoms with Gasteiger partial charge in [0.1, 0.15) is 11.8 Å². The van der Waals surface area contributed by atoms with Crippen LogP contribution in [0.4, 0.5) is 0 Å². The molecule has 0 heterocycles. The van der Waals surface area contributed by atoms with Gasteiger partial charge in [0.25, 0.3) is 5.91 Å². The van der Waals surface area contributed by atoms with Crippen LogP contribution in [-0.2, 0) is 21.4 Å². The second-order valence-electron chi connectivity index (χ2n) is 9.35. The number of carbonyl (C=O) groups is 2. The molecule has 174 valence electrons. The average Bonchev–Trinajstić information content (AvgIpc) is 2.72. The smallest absolute Gasteiger partial charge is 0.261 e. The topological polar surface area (TPSA) is 58.6 Å². The Morgan fingerprint density at radius 3 is 2.28 bits per heavy atom.